The molecule has 8 heteroatoms. The number of rotatable bonds is 9. The molecule has 1 atom stereocenters. The third kappa shape index (κ3) is 7.54. The van der Waals surface area contributed by atoms with Gasteiger partial charge in [-0.3, -0.25) is 9.69 Å². The van der Waals surface area contributed by atoms with Crippen molar-refractivity contribution in [2.45, 2.75) is 19.6 Å². The fraction of sp³-hybridized carbons (Fsp3) is 0.192. The molecule has 3 aromatic carbocycles. The highest BCUT2D eigenvalue weighted by atomic mass is 35.5. The van der Waals surface area contributed by atoms with E-state index >= 15 is 0 Å². The average molecular weight is 478 g/mol. The maximum absolute atomic E-state index is 12.8. The van der Waals surface area contributed by atoms with E-state index in [2.05, 4.69) is 5.32 Å². The summed E-state index contributed by atoms with van der Waals surface area (Å²) >= 11 is 5.97. The van der Waals surface area contributed by atoms with Crippen LogP contribution in [0.1, 0.15) is 18.1 Å². The number of nitriles is 1. The van der Waals surface area contributed by atoms with Crippen molar-refractivity contribution in [3.63, 3.8) is 0 Å². The van der Waals surface area contributed by atoms with E-state index in [1.54, 1.807) is 55.5 Å². The second-order valence-electron chi connectivity index (χ2n) is 7.52. The van der Waals surface area contributed by atoms with Gasteiger partial charge in [-0.1, -0.05) is 41.9 Å². The zero-order valence-electron chi connectivity index (χ0n) is 18.6. The lowest BCUT2D eigenvalue weighted by Crippen LogP contribution is -2.45. The topological polar surface area (TPSA) is 91.7 Å². The molecule has 7 nitrogen and oxygen atoms in total. The van der Waals surface area contributed by atoms with Crippen LogP contribution >= 0.6 is 11.6 Å². The summed E-state index contributed by atoms with van der Waals surface area (Å²) in [5.41, 5.74) is 1.86. The molecule has 0 heterocycles. The minimum atomic E-state index is -0.650. The number of carbonyl (C=O) groups is 2. The Balaban J connectivity index is 1.58. The second-order valence-corrected chi connectivity index (χ2v) is 7.95. The lowest BCUT2D eigenvalue weighted by Gasteiger charge is -2.23. The van der Waals surface area contributed by atoms with Gasteiger partial charge in [0.25, 0.3) is 0 Å². The predicted molar refractivity (Wildman–Crippen MR) is 130 cm³/mol. The number of benzene rings is 3. The lowest BCUT2D eigenvalue weighted by atomic mass is 10.2. The molecule has 1 unspecified atom stereocenters. The van der Waals surface area contributed by atoms with E-state index in [9.17, 15) is 9.59 Å². The third-order valence-electron chi connectivity index (χ3n) is 4.76. The fourth-order valence-electron chi connectivity index (χ4n) is 3.03. The van der Waals surface area contributed by atoms with Crippen LogP contribution in [0.4, 0.5) is 10.5 Å². The van der Waals surface area contributed by atoms with Gasteiger partial charge in [0, 0.05) is 10.7 Å². The van der Waals surface area contributed by atoms with Crippen LogP contribution in [0, 0.1) is 11.3 Å². The largest absolute Gasteiger partial charge is 0.491 e. The Bertz CT molecular complexity index is 1130. The normalized spacial score (nSPS) is 11.1. The molecule has 174 valence electrons. The van der Waals surface area contributed by atoms with Gasteiger partial charge in [-0.2, -0.15) is 5.26 Å². The summed E-state index contributed by atoms with van der Waals surface area (Å²) in [5.74, 6) is 0.218. The van der Waals surface area contributed by atoms with Crippen LogP contribution in [0.5, 0.6) is 5.75 Å². The summed E-state index contributed by atoms with van der Waals surface area (Å²) in [5, 5.41) is 12.2. The molecule has 0 saturated heterocycles. The SMILES string of the molecule is CC(COc1ccc(C#N)cc1)NC(=O)CN(C(=O)OCc1ccccc1)c1ccc(Cl)cc1. The second kappa shape index (κ2) is 12.3. The molecule has 0 bridgehead atoms. The number of carbonyl (C=O) groups excluding carboxylic acids is 2. The first-order chi connectivity index (χ1) is 16.4. The van der Waals surface area contributed by atoms with Crippen LogP contribution in [-0.2, 0) is 16.1 Å². The highest BCUT2D eigenvalue weighted by Gasteiger charge is 2.22. The Morgan fingerprint density at radius 3 is 2.35 bits per heavy atom. The van der Waals surface area contributed by atoms with Gasteiger partial charge in [0.1, 0.15) is 25.5 Å². The first-order valence-electron chi connectivity index (χ1n) is 10.6. The van der Waals surface area contributed by atoms with Crippen molar-refractivity contribution in [3.05, 3.63) is 95.0 Å². The summed E-state index contributed by atoms with van der Waals surface area (Å²) in [6.45, 7) is 1.86. The van der Waals surface area contributed by atoms with E-state index in [1.807, 2.05) is 36.4 Å². The number of nitrogens with zero attached hydrogens (tertiary/aromatic N) is 2. The number of amides is 2. The van der Waals surface area contributed by atoms with Crippen molar-refractivity contribution in [3.8, 4) is 11.8 Å². The highest BCUT2D eigenvalue weighted by Crippen LogP contribution is 2.19. The van der Waals surface area contributed by atoms with Crippen molar-refractivity contribution in [2.24, 2.45) is 0 Å². The number of hydrogen-bond acceptors (Lipinski definition) is 5. The van der Waals surface area contributed by atoms with Gasteiger partial charge in [0.2, 0.25) is 5.91 Å². The molecule has 0 aliphatic heterocycles. The van der Waals surface area contributed by atoms with Crippen LogP contribution in [0.25, 0.3) is 0 Å². The zero-order valence-corrected chi connectivity index (χ0v) is 19.4. The minimum Gasteiger partial charge on any atom is -0.491 e. The van der Waals surface area contributed by atoms with Gasteiger partial charge >= 0.3 is 6.09 Å². The molecule has 0 aromatic heterocycles. The highest BCUT2D eigenvalue weighted by molar-refractivity contribution is 6.30. The molecule has 0 spiro atoms. The molecule has 0 saturated carbocycles. The molecule has 3 aromatic rings. The van der Waals surface area contributed by atoms with Crippen molar-refractivity contribution >= 4 is 29.3 Å². The summed E-state index contributed by atoms with van der Waals surface area (Å²) in [6.07, 6.45) is -0.650. The van der Waals surface area contributed by atoms with Crippen LogP contribution in [-0.4, -0.2) is 31.2 Å². The Morgan fingerprint density at radius 1 is 1.03 bits per heavy atom. The predicted octanol–water partition coefficient (Wildman–Crippen LogP) is 4.94. The van der Waals surface area contributed by atoms with Crippen molar-refractivity contribution in [1.29, 1.82) is 5.26 Å². The van der Waals surface area contributed by atoms with Gasteiger partial charge in [0.15, 0.2) is 0 Å². The van der Waals surface area contributed by atoms with Crippen LogP contribution in [0.3, 0.4) is 0 Å². The van der Waals surface area contributed by atoms with Crippen LogP contribution in [0.2, 0.25) is 5.02 Å². The van der Waals surface area contributed by atoms with Crippen molar-refractivity contribution in [2.75, 3.05) is 18.1 Å². The molecule has 1 N–H and O–H groups in total. The van der Waals surface area contributed by atoms with Gasteiger partial charge < -0.3 is 14.8 Å². The quantitative estimate of drug-likeness (QED) is 0.471. The van der Waals surface area contributed by atoms with Crippen LogP contribution < -0.4 is 15.0 Å². The molecular formula is C26H24ClN3O4. The summed E-state index contributed by atoms with van der Waals surface area (Å²) in [6, 6.07) is 24.3. The molecular weight excluding hydrogens is 454 g/mol. The molecule has 0 aliphatic rings. The van der Waals surface area contributed by atoms with E-state index in [4.69, 9.17) is 26.3 Å². The molecule has 0 aliphatic carbocycles. The van der Waals surface area contributed by atoms with Gasteiger partial charge in [0.05, 0.1) is 17.7 Å². The van der Waals surface area contributed by atoms with Gasteiger partial charge in [-0.15, -0.1) is 0 Å². The first-order valence-corrected chi connectivity index (χ1v) is 11.0. The maximum Gasteiger partial charge on any atom is 0.415 e. The molecule has 2 amide bonds. The van der Waals surface area contributed by atoms with Gasteiger partial charge in [-0.25, -0.2) is 4.79 Å². The molecule has 34 heavy (non-hydrogen) atoms. The Labute approximate surface area is 203 Å². The van der Waals surface area contributed by atoms with Crippen molar-refractivity contribution in [1.82, 2.24) is 5.32 Å². The lowest BCUT2D eigenvalue weighted by molar-refractivity contribution is -0.120. The number of halogens is 1. The average Bonchev–Trinajstić information content (AvgIpc) is 2.86. The minimum absolute atomic E-state index is 0.0835. The number of hydrogen-bond donors (Lipinski definition) is 1. The van der Waals surface area contributed by atoms with E-state index in [0.29, 0.717) is 22.0 Å². The maximum atomic E-state index is 12.8. The third-order valence-corrected chi connectivity index (χ3v) is 5.01. The monoisotopic (exact) mass is 477 g/mol. The summed E-state index contributed by atoms with van der Waals surface area (Å²) in [4.78, 5) is 26.8. The van der Waals surface area contributed by atoms with E-state index in [1.165, 1.54) is 4.90 Å². The fourth-order valence-corrected chi connectivity index (χ4v) is 3.16. The smallest absolute Gasteiger partial charge is 0.415 e. The molecule has 3 rings (SSSR count). The van der Waals surface area contributed by atoms with Crippen LogP contribution in [0.15, 0.2) is 78.9 Å². The zero-order chi connectivity index (χ0) is 24.3. The summed E-state index contributed by atoms with van der Waals surface area (Å²) < 4.78 is 11.1. The first kappa shape index (κ1) is 24.6. The number of ether oxygens (including phenoxy) is 2. The number of nitrogens with one attached hydrogen (secondary N) is 1. The standard InChI is InChI=1S/C26H24ClN3O4/c1-19(17-33-24-13-7-20(15-28)8-14-24)29-25(31)16-30(23-11-9-22(27)10-12-23)26(32)34-18-21-5-3-2-4-6-21/h2-14,19H,16-18H2,1H3,(H,29,31). The van der Waals surface area contributed by atoms with E-state index in [-0.39, 0.29) is 31.7 Å². The van der Waals surface area contributed by atoms with Crippen molar-refractivity contribution < 1.29 is 19.1 Å². The Morgan fingerprint density at radius 2 is 1.71 bits per heavy atom. The molecule has 0 fully saturated rings. The Kier molecular flexibility index (Phi) is 8.89. The molecule has 0 radical (unpaired) electrons. The van der Waals surface area contributed by atoms with E-state index in [0.717, 1.165) is 5.56 Å². The number of anilines is 1. The van der Waals surface area contributed by atoms with Gasteiger partial charge in [-0.05, 0) is 61.0 Å². The van der Waals surface area contributed by atoms with E-state index < -0.39 is 6.09 Å². The summed E-state index contributed by atoms with van der Waals surface area (Å²) in [7, 11) is 0. The Hall–Kier alpha value is -4.02.